The van der Waals surface area contributed by atoms with E-state index < -0.39 is 0 Å². The van der Waals surface area contributed by atoms with Crippen LogP contribution in [0.25, 0.3) is 0 Å². The van der Waals surface area contributed by atoms with Crippen molar-refractivity contribution >= 4 is 31.9 Å². The Morgan fingerprint density at radius 1 is 1.36 bits per heavy atom. The SMILES string of the molecule is CC(C)(C)C(N)c1ncc(Br)cc1Br. The van der Waals surface area contributed by atoms with Crippen LogP contribution < -0.4 is 5.73 Å². The molecule has 0 aliphatic rings. The Morgan fingerprint density at radius 3 is 2.36 bits per heavy atom. The molecular formula is C10H14Br2N2. The summed E-state index contributed by atoms with van der Waals surface area (Å²) in [6.45, 7) is 6.31. The summed E-state index contributed by atoms with van der Waals surface area (Å²) >= 11 is 6.83. The first kappa shape index (κ1) is 12.1. The molecule has 0 amide bonds. The summed E-state index contributed by atoms with van der Waals surface area (Å²) in [5, 5.41) is 0. The van der Waals surface area contributed by atoms with Crippen LogP contribution in [0, 0.1) is 5.41 Å². The molecule has 14 heavy (non-hydrogen) atoms. The van der Waals surface area contributed by atoms with Gasteiger partial charge < -0.3 is 5.73 Å². The van der Waals surface area contributed by atoms with E-state index in [0.29, 0.717) is 0 Å². The first-order valence-electron chi connectivity index (χ1n) is 4.39. The Morgan fingerprint density at radius 2 is 1.93 bits per heavy atom. The second-order valence-electron chi connectivity index (χ2n) is 4.36. The van der Waals surface area contributed by atoms with Crippen molar-refractivity contribution in [3.8, 4) is 0 Å². The number of halogens is 2. The average Bonchev–Trinajstić information content (AvgIpc) is 2.01. The van der Waals surface area contributed by atoms with Gasteiger partial charge in [-0.3, -0.25) is 4.98 Å². The lowest BCUT2D eigenvalue weighted by atomic mass is 9.85. The third-order valence-corrected chi connectivity index (χ3v) is 3.13. The molecular weight excluding hydrogens is 308 g/mol. The van der Waals surface area contributed by atoms with Gasteiger partial charge in [-0.05, 0) is 43.3 Å². The second-order valence-corrected chi connectivity index (χ2v) is 6.13. The van der Waals surface area contributed by atoms with Crippen molar-refractivity contribution in [2.75, 3.05) is 0 Å². The quantitative estimate of drug-likeness (QED) is 0.857. The number of pyridine rings is 1. The van der Waals surface area contributed by atoms with Gasteiger partial charge in [0.05, 0.1) is 11.7 Å². The van der Waals surface area contributed by atoms with Crippen molar-refractivity contribution in [1.82, 2.24) is 4.98 Å². The standard InChI is InChI=1S/C10H14Br2N2/c1-10(2,3)9(13)8-7(12)4-6(11)5-14-8/h4-5,9H,13H2,1-3H3. The molecule has 2 nitrogen and oxygen atoms in total. The Balaban J connectivity index is 3.08. The molecule has 78 valence electrons. The molecule has 0 saturated heterocycles. The van der Waals surface area contributed by atoms with E-state index in [1.807, 2.05) is 6.07 Å². The van der Waals surface area contributed by atoms with Crippen molar-refractivity contribution < 1.29 is 0 Å². The van der Waals surface area contributed by atoms with Gasteiger partial charge in [-0.15, -0.1) is 0 Å². The second kappa shape index (κ2) is 4.29. The van der Waals surface area contributed by atoms with Gasteiger partial charge in [0.25, 0.3) is 0 Å². The van der Waals surface area contributed by atoms with Crippen molar-refractivity contribution in [1.29, 1.82) is 0 Å². The molecule has 0 bridgehead atoms. The predicted molar refractivity (Wildman–Crippen MR) is 66.0 cm³/mol. The molecule has 0 aromatic carbocycles. The van der Waals surface area contributed by atoms with E-state index in [4.69, 9.17) is 5.73 Å². The van der Waals surface area contributed by atoms with E-state index >= 15 is 0 Å². The number of hydrogen-bond donors (Lipinski definition) is 1. The fraction of sp³-hybridized carbons (Fsp3) is 0.500. The van der Waals surface area contributed by atoms with Crippen LogP contribution >= 0.6 is 31.9 Å². The van der Waals surface area contributed by atoms with E-state index in [-0.39, 0.29) is 11.5 Å². The Hall–Kier alpha value is 0.0700. The third-order valence-electron chi connectivity index (χ3n) is 2.06. The lowest BCUT2D eigenvalue weighted by molar-refractivity contribution is 0.320. The number of rotatable bonds is 1. The maximum absolute atomic E-state index is 6.12. The first-order chi connectivity index (χ1) is 6.32. The number of hydrogen-bond acceptors (Lipinski definition) is 2. The van der Waals surface area contributed by atoms with Crippen molar-refractivity contribution in [2.45, 2.75) is 26.8 Å². The van der Waals surface area contributed by atoms with Crippen molar-refractivity contribution in [3.05, 3.63) is 26.9 Å². The summed E-state index contributed by atoms with van der Waals surface area (Å²) in [4.78, 5) is 4.33. The highest BCUT2D eigenvalue weighted by molar-refractivity contribution is 9.11. The Bertz CT molecular complexity index is 331. The molecule has 1 unspecified atom stereocenters. The highest BCUT2D eigenvalue weighted by Gasteiger charge is 2.25. The smallest absolute Gasteiger partial charge is 0.0718 e. The highest BCUT2D eigenvalue weighted by Crippen LogP contribution is 2.33. The van der Waals surface area contributed by atoms with E-state index in [2.05, 4.69) is 57.6 Å². The third kappa shape index (κ3) is 2.78. The minimum Gasteiger partial charge on any atom is -0.322 e. The largest absolute Gasteiger partial charge is 0.322 e. The van der Waals surface area contributed by atoms with Crippen molar-refractivity contribution in [3.63, 3.8) is 0 Å². The maximum atomic E-state index is 6.12. The van der Waals surface area contributed by atoms with Gasteiger partial charge in [0, 0.05) is 15.1 Å². The zero-order valence-corrected chi connectivity index (χ0v) is 11.7. The molecule has 0 spiro atoms. The molecule has 1 aromatic heterocycles. The minimum absolute atomic E-state index is 0.0172. The lowest BCUT2D eigenvalue weighted by Gasteiger charge is -2.27. The van der Waals surface area contributed by atoms with E-state index in [1.165, 1.54) is 0 Å². The van der Waals surface area contributed by atoms with Crippen LogP contribution in [0.1, 0.15) is 32.5 Å². The molecule has 2 N–H and O–H groups in total. The Kier molecular flexibility index (Phi) is 3.72. The first-order valence-corrected chi connectivity index (χ1v) is 5.97. The molecule has 0 aliphatic carbocycles. The molecule has 4 heteroatoms. The summed E-state index contributed by atoms with van der Waals surface area (Å²) < 4.78 is 1.91. The number of aromatic nitrogens is 1. The monoisotopic (exact) mass is 320 g/mol. The molecule has 1 aromatic rings. The van der Waals surface area contributed by atoms with Gasteiger partial charge in [-0.2, -0.15) is 0 Å². The van der Waals surface area contributed by atoms with Crippen LogP contribution in [0.3, 0.4) is 0 Å². The zero-order chi connectivity index (χ0) is 10.9. The molecule has 0 fully saturated rings. The van der Waals surface area contributed by atoms with Gasteiger partial charge in [0.1, 0.15) is 0 Å². The average molecular weight is 322 g/mol. The molecule has 1 atom stereocenters. The van der Waals surface area contributed by atoms with Gasteiger partial charge in [-0.1, -0.05) is 20.8 Å². The number of nitrogens with zero attached hydrogens (tertiary/aromatic N) is 1. The summed E-state index contributed by atoms with van der Waals surface area (Å²) in [6.07, 6.45) is 1.77. The van der Waals surface area contributed by atoms with Gasteiger partial charge >= 0.3 is 0 Å². The van der Waals surface area contributed by atoms with Crippen LogP contribution in [0.15, 0.2) is 21.2 Å². The molecule has 1 rings (SSSR count). The minimum atomic E-state index is -0.0648. The van der Waals surface area contributed by atoms with Crippen LogP contribution in [-0.2, 0) is 0 Å². The topological polar surface area (TPSA) is 38.9 Å². The van der Waals surface area contributed by atoms with Crippen LogP contribution in [0.2, 0.25) is 0 Å². The molecule has 0 saturated carbocycles. The number of nitrogens with two attached hydrogens (primary N) is 1. The lowest BCUT2D eigenvalue weighted by Crippen LogP contribution is -2.27. The van der Waals surface area contributed by atoms with Crippen molar-refractivity contribution in [2.24, 2.45) is 11.1 Å². The fourth-order valence-electron chi connectivity index (χ4n) is 1.06. The normalized spacial score (nSPS) is 14.1. The Labute approximate surface area is 102 Å². The fourth-order valence-corrected chi connectivity index (χ4v) is 2.30. The zero-order valence-electron chi connectivity index (χ0n) is 8.51. The molecule has 0 aliphatic heterocycles. The summed E-state index contributed by atoms with van der Waals surface area (Å²) in [5.74, 6) is 0. The van der Waals surface area contributed by atoms with E-state index in [9.17, 15) is 0 Å². The predicted octanol–water partition coefficient (Wildman–Crippen LogP) is 3.65. The van der Waals surface area contributed by atoms with Gasteiger partial charge in [0.15, 0.2) is 0 Å². The molecule has 0 radical (unpaired) electrons. The van der Waals surface area contributed by atoms with Crippen LogP contribution in [-0.4, -0.2) is 4.98 Å². The molecule has 1 heterocycles. The van der Waals surface area contributed by atoms with Crippen LogP contribution in [0.5, 0.6) is 0 Å². The highest BCUT2D eigenvalue weighted by atomic mass is 79.9. The van der Waals surface area contributed by atoms with E-state index in [0.717, 1.165) is 14.6 Å². The summed E-state index contributed by atoms with van der Waals surface area (Å²) in [6, 6.07) is 1.90. The summed E-state index contributed by atoms with van der Waals surface area (Å²) in [7, 11) is 0. The van der Waals surface area contributed by atoms with Crippen LogP contribution in [0.4, 0.5) is 0 Å². The van der Waals surface area contributed by atoms with Gasteiger partial charge in [-0.25, -0.2) is 0 Å². The van der Waals surface area contributed by atoms with E-state index in [1.54, 1.807) is 6.20 Å². The summed E-state index contributed by atoms with van der Waals surface area (Å²) in [5.41, 5.74) is 7.04. The van der Waals surface area contributed by atoms with Gasteiger partial charge in [0.2, 0.25) is 0 Å². The maximum Gasteiger partial charge on any atom is 0.0718 e.